The molecule has 0 aliphatic rings. The van der Waals surface area contributed by atoms with Crippen LogP contribution in [-0.2, 0) is 20.1 Å². The van der Waals surface area contributed by atoms with Gasteiger partial charge in [0.15, 0.2) is 5.71 Å². The van der Waals surface area contributed by atoms with Crippen molar-refractivity contribution in [2.75, 3.05) is 14.2 Å². The summed E-state index contributed by atoms with van der Waals surface area (Å²) in [6.45, 7) is 4.09. The maximum atomic E-state index is 12.0. The molecule has 0 radical (unpaired) electrons. The van der Waals surface area contributed by atoms with E-state index >= 15 is 0 Å². The fraction of sp³-hybridized carbons (Fsp3) is 0.263. The lowest BCUT2D eigenvalue weighted by atomic mass is 10.1. The monoisotopic (exact) mass is 343 g/mol. The molecule has 0 heterocycles. The highest BCUT2D eigenvalue weighted by Gasteiger charge is 2.20. The van der Waals surface area contributed by atoms with E-state index in [9.17, 15) is 4.79 Å². The van der Waals surface area contributed by atoms with Crippen LogP contribution in [0.5, 0.6) is 0 Å². The number of thioether (sulfide) groups is 1. The first-order chi connectivity index (χ1) is 11.6. The van der Waals surface area contributed by atoms with Gasteiger partial charge >= 0.3 is 5.97 Å². The van der Waals surface area contributed by atoms with Crippen molar-refractivity contribution < 1.29 is 14.4 Å². The van der Waals surface area contributed by atoms with Gasteiger partial charge in [-0.05, 0) is 25.0 Å². The Morgan fingerprint density at radius 1 is 1.08 bits per heavy atom. The molecule has 0 N–H and O–H groups in total. The number of hydrogen-bond donors (Lipinski definition) is 0. The summed E-state index contributed by atoms with van der Waals surface area (Å²) in [5.74, 6) is 0.291. The van der Waals surface area contributed by atoms with E-state index in [-0.39, 0.29) is 5.71 Å². The van der Waals surface area contributed by atoms with E-state index in [1.807, 2.05) is 25.1 Å². The maximum Gasteiger partial charge on any atom is 0.360 e. The summed E-state index contributed by atoms with van der Waals surface area (Å²) in [5, 5.41) is 3.86. The highest BCUT2D eigenvalue weighted by Crippen LogP contribution is 2.30. The van der Waals surface area contributed by atoms with Gasteiger partial charge in [-0.25, -0.2) is 4.79 Å². The van der Waals surface area contributed by atoms with Gasteiger partial charge in [-0.3, -0.25) is 0 Å². The molecule has 5 heteroatoms. The molecular weight excluding hydrogens is 322 g/mol. The zero-order valence-corrected chi connectivity index (χ0v) is 15.1. The molecule has 24 heavy (non-hydrogen) atoms. The molecule has 0 bridgehead atoms. The third kappa shape index (κ3) is 4.38. The van der Waals surface area contributed by atoms with Gasteiger partial charge in [-0.15, -0.1) is 11.8 Å². The molecule has 0 spiro atoms. The number of oxime groups is 1. The van der Waals surface area contributed by atoms with E-state index < -0.39 is 5.97 Å². The first kappa shape index (κ1) is 18.1. The van der Waals surface area contributed by atoms with Crippen molar-refractivity contribution in [2.24, 2.45) is 5.16 Å². The number of ether oxygens (including phenoxy) is 1. The van der Waals surface area contributed by atoms with Crippen LogP contribution in [0.15, 0.2) is 52.5 Å². The standard InChI is InChI=1S/C19H21NO3S/c1-13-8-10-15(11-9-13)12-24-18-14(2)6-5-7-16(18)17(20-23-4)19(21)22-3/h5-11H,12H2,1-4H3/b20-17+. The molecule has 0 fully saturated rings. The summed E-state index contributed by atoms with van der Waals surface area (Å²) < 4.78 is 4.83. The second-order valence-corrected chi connectivity index (χ2v) is 6.33. The number of aryl methyl sites for hydroxylation is 2. The van der Waals surface area contributed by atoms with Gasteiger partial charge in [0.1, 0.15) is 7.11 Å². The molecule has 0 atom stereocenters. The van der Waals surface area contributed by atoms with Crippen LogP contribution in [0, 0.1) is 13.8 Å². The number of esters is 1. The van der Waals surface area contributed by atoms with Gasteiger partial charge in [0, 0.05) is 16.2 Å². The quantitative estimate of drug-likeness (QED) is 0.343. The summed E-state index contributed by atoms with van der Waals surface area (Å²) in [6, 6.07) is 14.2. The van der Waals surface area contributed by atoms with E-state index in [0.29, 0.717) is 0 Å². The molecule has 0 unspecified atom stereocenters. The molecule has 0 aliphatic carbocycles. The zero-order chi connectivity index (χ0) is 17.5. The Balaban J connectivity index is 2.33. The largest absolute Gasteiger partial charge is 0.464 e. The minimum atomic E-state index is -0.514. The lowest BCUT2D eigenvalue weighted by molar-refractivity contribution is -0.132. The van der Waals surface area contributed by atoms with Crippen LogP contribution in [0.2, 0.25) is 0 Å². The minimum absolute atomic E-state index is 0.176. The van der Waals surface area contributed by atoms with Crippen LogP contribution in [0.4, 0.5) is 0 Å². The fourth-order valence-corrected chi connectivity index (χ4v) is 3.37. The Morgan fingerprint density at radius 2 is 1.79 bits per heavy atom. The molecule has 126 valence electrons. The third-order valence-electron chi connectivity index (χ3n) is 3.53. The number of rotatable bonds is 6. The molecule has 4 nitrogen and oxygen atoms in total. The highest BCUT2D eigenvalue weighted by atomic mass is 32.2. The summed E-state index contributed by atoms with van der Waals surface area (Å²) in [5.41, 5.74) is 4.44. The predicted molar refractivity (Wildman–Crippen MR) is 97.5 cm³/mol. The van der Waals surface area contributed by atoms with Crippen molar-refractivity contribution in [3.8, 4) is 0 Å². The average Bonchev–Trinajstić information content (AvgIpc) is 2.59. The van der Waals surface area contributed by atoms with E-state index in [1.165, 1.54) is 25.3 Å². The molecule has 2 rings (SSSR count). The highest BCUT2D eigenvalue weighted by molar-refractivity contribution is 7.98. The smallest absolute Gasteiger partial charge is 0.360 e. The van der Waals surface area contributed by atoms with Crippen molar-refractivity contribution in [3.05, 3.63) is 64.7 Å². The van der Waals surface area contributed by atoms with E-state index in [0.717, 1.165) is 21.8 Å². The Kier molecular flexibility index (Phi) is 6.44. The van der Waals surface area contributed by atoms with Crippen molar-refractivity contribution in [2.45, 2.75) is 24.5 Å². The summed E-state index contributed by atoms with van der Waals surface area (Å²) in [7, 11) is 2.75. The van der Waals surface area contributed by atoms with Crippen molar-refractivity contribution in [1.29, 1.82) is 0 Å². The molecule has 0 aromatic heterocycles. The first-order valence-electron chi connectivity index (χ1n) is 7.54. The lowest BCUT2D eigenvalue weighted by Gasteiger charge is -2.13. The summed E-state index contributed by atoms with van der Waals surface area (Å²) >= 11 is 1.67. The summed E-state index contributed by atoms with van der Waals surface area (Å²) in [6.07, 6.45) is 0. The number of methoxy groups -OCH3 is 1. The fourth-order valence-electron chi connectivity index (χ4n) is 2.25. The second-order valence-electron chi connectivity index (χ2n) is 5.34. The van der Waals surface area contributed by atoms with Gasteiger partial charge in [0.2, 0.25) is 0 Å². The SMILES string of the molecule is CO/N=C(/C(=O)OC)c1cccc(C)c1SCc1ccc(C)cc1. The van der Waals surface area contributed by atoms with Crippen LogP contribution in [0.1, 0.15) is 22.3 Å². The lowest BCUT2D eigenvalue weighted by Crippen LogP contribution is -2.18. The minimum Gasteiger partial charge on any atom is -0.464 e. The van der Waals surface area contributed by atoms with E-state index in [1.54, 1.807) is 11.8 Å². The number of carbonyl (C=O) groups excluding carboxylic acids is 1. The van der Waals surface area contributed by atoms with Crippen molar-refractivity contribution in [1.82, 2.24) is 0 Å². The van der Waals surface area contributed by atoms with Crippen molar-refractivity contribution in [3.63, 3.8) is 0 Å². The van der Waals surface area contributed by atoms with Crippen molar-refractivity contribution >= 4 is 23.4 Å². The van der Waals surface area contributed by atoms with Gasteiger partial charge in [-0.1, -0.05) is 53.2 Å². The number of nitrogens with zero attached hydrogens (tertiary/aromatic N) is 1. The number of hydrogen-bond acceptors (Lipinski definition) is 5. The van der Waals surface area contributed by atoms with Gasteiger partial charge in [0.25, 0.3) is 0 Å². The summed E-state index contributed by atoms with van der Waals surface area (Å²) in [4.78, 5) is 17.9. The first-order valence-corrected chi connectivity index (χ1v) is 8.53. The van der Waals surface area contributed by atoms with Gasteiger partial charge < -0.3 is 9.57 Å². The Hall–Kier alpha value is -2.27. The Bertz CT molecular complexity index is 739. The van der Waals surface area contributed by atoms with Gasteiger partial charge in [0.05, 0.1) is 7.11 Å². The second kappa shape index (κ2) is 8.55. The topological polar surface area (TPSA) is 47.9 Å². The van der Waals surface area contributed by atoms with E-state index in [2.05, 4.69) is 36.3 Å². The van der Waals surface area contributed by atoms with Crippen LogP contribution in [0.3, 0.4) is 0 Å². The van der Waals surface area contributed by atoms with Crippen LogP contribution < -0.4 is 0 Å². The molecule has 0 saturated carbocycles. The molecule has 2 aromatic rings. The third-order valence-corrected chi connectivity index (χ3v) is 4.84. The average molecular weight is 343 g/mol. The number of carbonyl (C=O) groups is 1. The molecule has 0 saturated heterocycles. The predicted octanol–water partition coefficient (Wildman–Crippen LogP) is 4.12. The number of benzene rings is 2. The van der Waals surface area contributed by atoms with E-state index in [4.69, 9.17) is 9.57 Å². The molecular formula is C19H21NO3S. The Labute approximate surface area is 146 Å². The van der Waals surface area contributed by atoms with Crippen LogP contribution in [-0.4, -0.2) is 25.9 Å². The van der Waals surface area contributed by atoms with Crippen LogP contribution >= 0.6 is 11.8 Å². The Morgan fingerprint density at radius 3 is 2.42 bits per heavy atom. The molecule has 0 amide bonds. The maximum absolute atomic E-state index is 12.0. The molecule has 2 aromatic carbocycles. The van der Waals surface area contributed by atoms with Gasteiger partial charge in [-0.2, -0.15) is 0 Å². The zero-order valence-electron chi connectivity index (χ0n) is 14.3. The van der Waals surface area contributed by atoms with Crippen LogP contribution in [0.25, 0.3) is 0 Å². The normalized spacial score (nSPS) is 11.2. The molecule has 0 aliphatic heterocycles.